The topological polar surface area (TPSA) is 79.8 Å². The van der Waals surface area contributed by atoms with Gasteiger partial charge >= 0.3 is 0 Å². The van der Waals surface area contributed by atoms with Gasteiger partial charge in [-0.3, -0.25) is 9.78 Å². The highest BCUT2D eigenvalue weighted by molar-refractivity contribution is 5.96. The molecule has 0 fully saturated rings. The Hall–Kier alpha value is -2.50. The molecular weight excluding hydrogens is 278 g/mol. The lowest BCUT2D eigenvalue weighted by atomic mass is 10.1. The fourth-order valence-corrected chi connectivity index (χ4v) is 2.40. The summed E-state index contributed by atoms with van der Waals surface area (Å²) in [6.45, 7) is 5.31. The van der Waals surface area contributed by atoms with Crippen LogP contribution in [0.2, 0.25) is 0 Å². The van der Waals surface area contributed by atoms with E-state index in [1.54, 1.807) is 12.4 Å². The lowest BCUT2D eigenvalue weighted by Gasteiger charge is -2.21. The first-order chi connectivity index (χ1) is 10.6. The molecular formula is C16H19N5O. The second-order valence-corrected chi connectivity index (χ2v) is 5.63. The average Bonchev–Trinajstić information content (AvgIpc) is 2.54. The van der Waals surface area contributed by atoms with E-state index < -0.39 is 0 Å². The molecule has 0 spiro atoms. The van der Waals surface area contributed by atoms with Crippen LogP contribution >= 0.6 is 0 Å². The third-order valence-electron chi connectivity index (χ3n) is 3.63. The highest BCUT2D eigenvalue weighted by atomic mass is 16.1. The molecule has 2 aromatic heterocycles. The molecule has 0 aliphatic carbocycles. The number of hydrogen-bond acceptors (Lipinski definition) is 5. The van der Waals surface area contributed by atoms with Crippen molar-refractivity contribution in [2.45, 2.75) is 32.7 Å². The number of aromatic nitrogens is 3. The van der Waals surface area contributed by atoms with Crippen molar-refractivity contribution < 1.29 is 4.79 Å². The minimum absolute atomic E-state index is 0.113. The summed E-state index contributed by atoms with van der Waals surface area (Å²) in [5, 5.41) is 6.19. The van der Waals surface area contributed by atoms with Gasteiger partial charge in [-0.1, -0.05) is 13.8 Å². The first-order valence-electron chi connectivity index (χ1n) is 7.47. The van der Waals surface area contributed by atoms with Crippen LogP contribution in [0.4, 0.5) is 5.82 Å². The van der Waals surface area contributed by atoms with Crippen molar-refractivity contribution in [3.63, 3.8) is 0 Å². The van der Waals surface area contributed by atoms with Gasteiger partial charge in [-0.2, -0.15) is 0 Å². The fraction of sp³-hybridized carbons (Fsp3) is 0.375. The summed E-state index contributed by atoms with van der Waals surface area (Å²) in [5.74, 6) is 1.51. The second kappa shape index (κ2) is 6.09. The molecule has 3 heterocycles. The number of carbonyl (C=O) groups excluding carboxylic acids is 1. The smallest absolute Gasteiger partial charge is 0.270 e. The Bertz CT molecular complexity index is 684. The van der Waals surface area contributed by atoms with E-state index in [1.165, 1.54) is 0 Å². The van der Waals surface area contributed by atoms with E-state index in [0.717, 1.165) is 23.4 Å². The van der Waals surface area contributed by atoms with Crippen LogP contribution in [0.25, 0.3) is 0 Å². The summed E-state index contributed by atoms with van der Waals surface area (Å²) < 4.78 is 0. The van der Waals surface area contributed by atoms with Gasteiger partial charge in [0.1, 0.15) is 17.3 Å². The van der Waals surface area contributed by atoms with Gasteiger partial charge in [0.05, 0.1) is 0 Å². The van der Waals surface area contributed by atoms with Crippen molar-refractivity contribution in [3.05, 3.63) is 47.2 Å². The van der Waals surface area contributed by atoms with Gasteiger partial charge < -0.3 is 10.6 Å². The number of carbonyl (C=O) groups is 1. The van der Waals surface area contributed by atoms with Gasteiger partial charge in [-0.05, 0) is 24.1 Å². The molecule has 114 valence electrons. The second-order valence-electron chi connectivity index (χ2n) is 5.63. The van der Waals surface area contributed by atoms with Crippen LogP contribution in [0.5, 0.6) is 0 Å². The molecule has 1 aliphatic heterocycles. The zero-order valence-corrected chi connectivity index (χ0v) is 12.8. The number of nitrogens with zero attached hydrogens (tertiary/aromatic N) is 3. The Kier molecular flexibility index (Phi) is 4.00. The van der Waals surface area contributed by atoms with E-state index in [-0.39, 0.29) is 11.8 Å². The van der Waals surface area contributed by atoms with Crippen LogP contribution in [0.3, 0.4) is 0 Å². The molecule has 1 amide bonds. The van der Waals surface area contributed by atoms with E-state index >= 15 is 0 Å². The maximum Gasteiger partial charge on any atom is 0.270 e. The van der Waals surface area contributed by atoms with Crippen LogP contribution in [-0.4, -0.2) is 27.4 Å². The van der Waals surface area contributed by atoms with Crippen molar-refractivity contribution in [2.75, 3.05) is 11.9 Å². The van der Waals surface area contributed by atoms with Crippen LogP contribution in [0, 0.1) is 0 Å². The summed E-state index contributed by atoms with van der Waals surface area (Å²) in [6.07, 6.45) is 4.27. The van der Waals surface area contributed by atoms with E-state index in [4.69, 9.17) is 0 Å². The monoisotopic (exact) mass is 297 g/mol. The van der Waals surface area contributed by atoms with Crippen molar-refractivity contribution in [1.82, 2.24) is 20.3 Å². The highest BCUT2D eigenvalue weighted by Crippen LogP contribution is 2.23. The number of hydrogen-bond donors (Lipinski definition) is 2. The summed E-state index contributed by atoms with van der Waals surface area (Å²) in [5.41, 5.74) is 2.53. The Labute approximate surface area is 129 Å². The predicted octanol–water partition coefficient (Wildman–Crippen LogP) is 1.89. The molecule has 0 bridgehead atoms. The number of amides is 1. The van der Waals surface area contributed by atoms with E-state index in [9.17, 15) is 4.79 Å². The molecule has 0 atom stereocenters. The first-order valence-corrected chi connectivity index (χ1v) is 7.47. The third kappa shape index (κ3) is 2.90. The van der Waals surface area contributed by atoms with Gasteiger partial charge in [0.25, 0.3) is 5.91 Å². The lowest BCUT2D eigenvalue weighted by Crippen LogP contribution is -2.34. The van der Waals surface area contributed by atoms with Crippen LogP contribution in [0.15, 0.2) is 24.5 Å². The number of fused-ring (bicyclic) bond motifs is 1. The molecule has 0 saturated carbocycles. The fourth-order valence-electron chi connectivity index (χ4n) is 2.40. The molecule has 0 radical (unpaired) electrons. The standard InChI is InChI=1S/C16H19N5O/c1-10(2)14-20-13-12(5-8-18-16(13)22)15(21-14)19-9-11-3-6-17-7-4-11/h3-4,6-7,10H,5,8-9H2,1-2H3,(H,18,22)(H,19,20,21). The Morgan fingerprint density at radius 2 is 2.05 bits per heavy atom. The molecule has 0 aromatic carbocycles. The van der Waals surface area contributed by atoms with Crippen molar-refractivity contribution in [3.8, 4) is 0 Å². The number of anilines is 1. The molecule has 2 N–H and O–H groups in total. The quantitative estimate of drug-likeness (QED) is 0.901. The predicted molar refractivity (Wildman–Crippen MR) is 83.7 cm³/mol. The first kappa shape index (κ1) is 14.4. The van der Waals surface area contributed by atoms with Gasteiger partial charge in [-0.15, -0.1) is 0 Å². The highest BCUT2D eigenvalue weighted by Gasteiger charge is 2.24. The van der Waals surface area contributed by atoms with Gasteiger partial charge in [0.15, 0.2) is 0 Å². The van der Waals surface area contributed by atoms with Gasteiger partial charge in [0, 0.05) is 37.0 Å². The summed E-state index contributed by atoms with van der Waals surface area (Å²) in [4.78, 5) is 25.1. The molecule has 0 unspecified atom stereocenters. The molecule has 6 nitrogen and oxygen atoms in total. The number of rotatable bonds is 4. The largest absolute Gasteiger partial charge is 0.366 e. The number of nitrogens with one attached hydrogen (secondary N) is 2. The lowest BCUT2D eigenvalue weighted by molar-refractivity contribution is 0.0940. The van der Waals surface area contributed by atoms with Crippen LogP contribution in [-0.2, 0) is 13.0 Å². The van der Waals surface area contributed by atoms with Crippen molar-refractivity contribution in [2.24, 2.45) is 0 Å². The number of pyridine rings is 1. The molecule has 1 aliphatic rings. The Morgan fingerprint density at radius 1 is 1.27 bits per heavy atom. The third-order valence-corrected chi connectivity index (χ3v) is 3.63. The Morgan fingerprint density at radius 3 is 2.77 bits per heavy atom. The van der Waals surface area contributed by atoms with Crippen LogP contribution in [0.1, 0.15) is 47.2 Å². The molecule has 3 rings (SSSR count). The average molecular weight is 297 g/mol. The molecule has 22 heavy (non-hydrogen) atoms. The van der Waals surface area contributed by atoms with Crippen LogP contribution < -0.4 is 10.6 Å². The van der Waals surface area contributed by atoms with Gasteiger partial charge in [-0.25, -0.2) is 9.97 Å². The van der Waals surface area contributed by atoms with Crippen molar-refractivity contribution >= 4 is 11.7 Å². The van der Waals surface area contributed by atoms with Crippen molar-refractivity contribution in [1.29, 1.82) is 0 Å². The maximum atomic E-state index is 12.0. The minimum atomic E-state index is -0.113. The van der Waals surface area contributed by atoms with E-state index in [0.29, 0.717) is 24.6 Å². The zero-order valence-electron chi connectivity index (χ0n) is 12.8. The molecule has 0 saturated heterocycles. The molecule has 6 heteroatoms. The van der Waals surface area contributed by atoms with E-state index in [2.05, 4.69) is 25.6 Å². The summed E-state index contributed by atoms with van der Waals surface area (Å²) in [6, 6.07) is 3.91. The zero-order chi connectivity index (χ0) is 15.5. The molecule has 2 aromatic rings. The summed E-state index contributed by atoms with van der Waals surface area (Å²) >= 11 is 0. The van der Waals surface area contributed by atoms with E-state index in [1.807, 2.05) is 26.0 Å². The Balaban J connectivity index is 1.93. The maximum absolute atomic E-state index is 12.0. The summed E-state index contributed by atoms with van der Waals surface area (Å²) in [7, 11) is 0. The normalized spacial score (nSPS) is 13.7. The minimum Gasteiger partial charge on any atom is -0.366 e. The SMILES string of the molecule is CC(C)c1nc(NCc2ccncc2)c2c(n1)C(=O)NCC2. The van der Waals surface area contributed by atoms with Gasteiger partial charge in [0.2, 0.25) is 0 Å².